The molecule has 2 rings (SSSR count). The molecule has 1 atom stereocenters. The number of hydrogen-bond donors (Lipinski definition) is 1. The quantitative estimate of drug-likeness (QED) is 0.696. The number of alkyl halides is 3. The van der Waals surface area contributed by atoms with Crippen LogP contribution in [0.25, 0.3) is 0 Å². The predicted molar refractivity (Wildman–Crippen MR) is 70.9 cm³/mol. The lowest BCUT2D eigenvalue weighted by molar-refractivity contribution is -0.138. The van der Waals surface area contributed by atoms with Crippen molar-refractivity contribution in [1.29, 1.82) is 0 Å². The van der Waals surface area contributed by atoms with E-state index in [0.29, 0.717) is 11.9 Å². The van der Waals surface area contributed by atoms with E-state index in [1.807, 2.05) is 0 Å². The van der Waals surface area contributed by atoms with E-state index in [0.717, 1.165) is 12.1 Å². The number of carbonyl (C=O) groups is 1. The zero-order valence-electron chi connectivity index (χ0n) is 11.2. The molecular weight excluding hydrogens is 299 g/mol. The van der Waals surface area contributed by atoms with E-state index in [-0.39, 0.29) is 5.69 Å². The highest BCUT2D eigenvalue weighted by Crippen LogP contribution is 2.29. The van der Waals surface area contributed by atoms with Gasteiger partial charge in [0.05, 0.1) is 17.7 Å². The Morgan fingerprint density at radius 2 is 1.86 bits per heavy atom. The summed E-state index contributed by atoms with van der Waals surface area (Å²) in [5, 5.41) is 9.82. The Morgan fingerprint density at radius 3 is 2.41 bits per heavy atom. The van der Waals surface area contributed by atoms with Gasteiger partial charge in [0, 0.05) is 6.20 Å². The fourth-order valence-electron chi connectivity index (χ4n) is 1.69. The molecule has 0 bridgehead atoms. The van der Waals surface area contributed by atoms with Gasteiger partial charge < -0.3 is 9.84 Å². The Kier molecular flexibility index (Phi) is 4.77. The molecule has 1 N–H and O–H groups in total. The molecule has 2 aromatic rings. The van der Waals surface area contributed by atoms with Crippen LogP contribution in [0.4, 0.5) is 13.2 Å². The molecule has 0 fully saturated rings. The van der Waals surface area contributed by atoms with Crippen molar-refractivity contribution in [2.45, 2.75) is 18.7 Å². The third kappa shape index (κ3) is 4.29. The number of para-hydroxylation sites is 1. The van der Waals surface area contributed by atoms with E-state index < -0.39 is 30.2 Å². The van der Waals surface area contributed by atoms with Crippen LogP contribution in [0.2, 0.25) is 0 Å². The molecule has 0 spiro atoms. The van der Waals surface area contributed by atoms with Crippen LogP contribution in [0.5, 0.6) is 5.75 Å². The fourth-order valence-corrected chi connectivity index (χ4v) is 1.69. The van der Waals surface area contributed by atoms with E-state index in [1.54, 1.807) is 30.3 Å². The Labute approximate surface area is 124 Å². The Balaban J connectivity index is 1.97. The molecule has 0 amide bonds. The largest absolute Gasteiger partial charge is 0.426 e. The minimum atomic E-state index is -4.50. The zero-order chi connectivity index (χ0) is 16.2. The van der Waals surface area contributed by atoms with Gasteiger partial charge in [0.2, 0.25) is 0 Å². The SMILES string of the molecule is O=C(CC(O)c1ccc(C(F)(F)F)cn1)Oc1ccccc1. The van der Waals surface area contributed by atoms with Crippen molar-refractivity contribution in [2.24, 2.45) is 0 Å². The summed E-state index contributed by atoms with van der Waals surface area (Å²) >= 11 is 0. The predicted octanol–water partition coefficient (Wildman–Crippen LogP) is 3.13. The van der Waals surface area contributed by atoms with Crippen molar-refractivity contribution >= 4 is 5.97 Å². The van der Waals surface area contributed by atoms with Crippen molar-refractivity contribution in [3.05, 3.63) is 59.9 Å². The van der Waals surface area contributed by atoms with E-state index >= 15 is 0 Å². The monoisotopic (exact) mass is 311 g/mol. The van der Waals surface area contributed by atoms with Gasteiger partial charge in [-0.3, -0.25) is 9.78 Å². The maximum absolute atomic E-state index is 12.4. The third-order valence-corrected chi connectivity index (χ3v) is 2.79. The van der Waals surface area contributed by atoms with E-state index in [1.165, 1.54) is 0 Å². The zero-order valence-corrected chi connectivity index (χ0v) is 11.2. The summed E-state index contributed by atoms with van der Waals surface area (Å²) in [6.45, 7) is 0. The standard InChI is InChI=1S/C15H12F3NO3/c16-15(17,18)10-6-7-12(19-9-10)13(20)8-14(21)22-11-4-2-1-3-5-11/h1-7,9,13,20H,8H2. The van der Waals surface area contributed by atoms with Gasteiger partial charge in [-0.1, -0.05) is 18.2 Å². The van der Waals surface area contributed by atoms with Gasteiger partial charge in [-0.15, -0.1) is 0 Å². The molecule has 22 heavy (non-hydrogen) atoms. The van der Waals surface area contributed by atoms with Crippen LogP contribution in [0.3, 0.4) is 0 Å². The first-order valence-electron chi connectivity index (χ1n) is 6.33. The summed E-state index contributed by atoms with van der Waals surface area (Å²) < 4.78 is 42.2. The van der Waals surface area contributed by atoms with E-state index in [2.05, 4.69) is 4.98 Å². The average molecular weight is 311 g/mol. The number of ether oxygens (including phenoxy) is 1. The van der Waals surface area contributed by atoms with Crippen molar-refractivity contribution in [3.8, 4) is 5.75 Å². The molecule has 1 aromatic carbocycles. The van der Waals surface area contributed by atoms with Gasteiger partial charge in [0.15, 0.2) is 0 Å². The minimum Gasteiger partial charge on any atom is -0.426 e. The number of esters is 1. The first-order chi connectivity index (χ1) is 10.4. The van der Waals surface area contributed by atoms with Crippen molar-refractivity contribution in [3.63, 3.8) is 0 Å². The summed E-state index contributed by atoms with van der Waals surface area (Å²) in [5.41, 5.74) is -0.951. The average Bonchev–Trinajstić information content (AvgIpc) is 2.47. The van der Waals surface area contributed by atoms with E-state index in [4.69, 9.17) is 4.74 Å². The Bertz CT molecular complexity index is 627. The highest BCUT2D eigenvalue weighted by molar-refractivity contribution is 5.73. The highest BCUT2D eigenvalue weighted by atomic mass is 19.4. The summed E-state index contributed by atoms with van der Waals surface area (Å²) in [6.07, 6.45) is -5.63. The Morgan fingerprint density at radius 1 is 1.18 bits per heavy atom. The number of aromatic nitrogens is 1. The van der Waals surface area contributed by atoms with Crippen molar-refractivity contribution in [1.82, 2.24) is 4.98 Å². The van der Waals surface area contributed by atoms with E-state index in [9.17, 15) is 23.1 Å². The molecule has 116 valence electrons. The molecule has 0 aliphatic heterocycles. The van der Waals surface area contributed by atoms with Crippen molar-refractivity contribution in [2.75, 3.05) is 0 Å². The number of carbonyl (C=O) groups excluding carboxylic acids is 1. The summed E-state index contributed by atoms with van der Waals surface area (Å²) in [6, 6.07) is 10.1. The third-order valence-electron chi connectivity index (χ3n) is 2.79. The van der Waals surface area contributed by atoms with Gasteiger partial charge in [-0.05, 0) is 24.3 Å². The van der Waals surface area contributed by atoms with Crippen LogP contribution >= 0.6 is 0 Å². The Hall–Kier alpha value is -2.41. The number of aliphatic hydroxyl groups is 1. The summed E-state index contributed by atoms with van der Waals surface area (Å²) in [4.78, 5) is 15.2. The normalized spacial score (nSPS) is 12.7. The number of nitrogens with zero attached hydrogens (tertiary/aromatic N) is 1. The lowest BCUT2D eigenvalue weighted by Crippen LogP contribution is -2.14. The van der Waals surface area contributed by atoms with Crippen LogP contribution in [0, 0.1) is 0 Å². The molecule has 0 aliphatic rings. The number of pyridine rings is 1. The first-order valence-corrected chi connectivity index (χ1v) is 6.33. The molecular formula is C15H12F3NO3. The second-order valence-electron chi connectivity index (χ2n) is 4.48. The van der Waals surface area contributed by atoms with Crippen molar-refractivity contribution < 1.29 is 27.8 Å². The number of rotatable bonds is 4. The lowest BCUT2D eigenvalue weighted by Gasteiger charge is -2.11. The van der Waals surface area contributed by atoms with Crippen LogP contribution in [-0.4, -0.2) is 16.1 Å². The van der Waals surface area contributed by atoms with Crippen LogP contribution in [-0.2, 0) is 11.0 Å². The molecule has 1 unspecified atom stereocenters. The number of hydrogen-bond acceptors (Lipinski definition) is 4. The second kappa shape index (κ2) is 6.57. The molecule has 0 saturated heterocycles. The van der Waals surface area contributed by atoms with Crippen LogP contribution in [0.15, 0.2) is 48.7 Å². The van der Waals surface area contributed by atoms with Gasteiger partial charge in [0.25, 0.3) is 0 Å². The van der Waals surface area contributed by atoms with Gasteiger partial charge >= 0.3 is 12.1 Å². The molecule has 4 nitrogen and oxygen atoms in total. The molecule has 0 aliphatic carbocycles. The van der Waals surface area contributed by atoms with Gasteiger partial charge in [-0.2, -0.15) is 13.2 Å². The summed E-state index contributed by atoms with van der Waals surface area (Å²) in [5.74, 6) is -0.388. The van der Waals surface area contributed by atoms with Crippen LogP contribution in [0.1, 0.15) is 23.8 Å². The summed E-state index contributed by atoms with van der Waals surface area (Å²) in [7, 11) is 0. The second-order valence-corrected chi connectivity index (χ2v) is 4.48. The number of benzene rings is 1. The smallest absolute Gasteiger partial charge is 0.417 e. The van der Waals surface area contributed by atoms with Gasteiger partial charge in [0.1, 0.15) is 11.9 Å². The van der Waals surface area contributed by atoms with Crippen LogP contribution < -0.4 is 4.74 Å². The van der Waals surface area contributed by atoms with Gasteiger partial charge in [-0.25, -0.2) is 0 Å². The maximum Gasteiger partial charge on any atom is 0.417 e. The maximum atomic E-state index is 12.4. The molecule has 1 aromatic heterocycles. The lowest BCUT2D eigenvalue weighted by atomic mass is 10.1. The molecule has 1 heterocycles. The number of halogens is 3. The fraction of sp³-hybridized carbons (Fsp3) is 0.200. The topological polar surface area (TPSA) is 59.4 Å². The molecule has 0 radical (unpaired) electrons. The molecule has 7 heteroatoms. The number of aliphatic hydroxyl groups excluding tert-OH is 1. The molecule has 0 saturated carbocycles. The highest BCUT2D eigenvalue weighted by Gasteiger charge is 2.31. The first kappa shape index (κ1) is 16.0. The minimum absolute atomic E-state index is 0.0296.